The minimum atomic E-state index is -1.22. The van der Waals surface area contributed by atoms with Crippen molar-refractivity contribution in [2.24, 2.45) is 11.5 Å². The number of rotatable bonds is 5. The van der Waals surface area contributed by atoms with Crippen molar-refractivity contribution < 1.29 is 13.4 Å². The van der Waals surface area contributed by atoms with Crippen LogP contribution in [0.25, 0.3) is 0 Å². The Bertz CT molecular complexity index is 423. The first-order chi connectivity index (χ1) is 7.54. The fraction of sp³-hybridized carbons (Fsp3) is 0.300. The average Bonchev–Trinajstić information content (AvgIpc) is 2.21. The van der Waals surface area contributed by atoms with Gasteiger partial charge >= 0.3 is 0 Å². The topological polar surface area (TPSA) is 86.2 Å². The van der Waals surface area contributed by atoms with Gasteiger partial charge in [0, 0.05) is 34.2 Å². The van der Waals surface area contributed by atoms with Crippen LogP contribution in [0.15, 0.2) is 18.2 Å². The van der Waals surface area contributed by atoms with Crippen molar-refractivity contribution in [1.29, 1.82) is 0 Å². The van der Waals surface area contributed by atoms with Crippen LogP contribution < -0.4 is 11.5 Å². The highest BCUT2D eigenvalue weighted by Crippen LogP contribution is 2.12. The first-order valence-electron chi connectivity index (χ1n) is 4.68. The van der Waals surface area contributed by atoms with Crippen LogP contribution in [0.1, 0.15) is 15.9 Å². The molecule has 6 heteroatoms. The summed E-state index contributed by atoms with van der Waals surface area (Å²) in [5, 5.41) is 0. The Morgan fingerprint density at radius 1 is 1.44 bits per heavy atom. The van der Waals surface area contributed by atoms with Crippen LogP contribution in [0.2, 0.25) is 0 Å². The zero-order chi connectivity index (χ0) is 12.1. The molecule has 0 fully saturated rings. The minimum absolute atomic E-state index is 0.0458. The first-order valence-corrected chi connectivity index (χ1v) is 6.16. The highest BCUT2D eigenvalue weighted by atomic mass is 32.2. The molecule has 1 aromatic rings. The molecule has 0 saturated carbocycles. The SMILES string of the molecule is NCCS(=O)Cc1cc(C(N)=O)ccc1F. The number of hydrogen-bond donors (Lipinski definition) is 2. The van der Waals surface area contributed by atoms with Crippen molar-refractivity contribution >= 4 is 16.7 Å². The van der Waals surface area contributed by atoms with Crippen LogP contribution in [0.4, 0.5) is 4.39 Å². The summed E-state index contributed by atoms with van der Waals surface area (Å²) in [6.07, 6.45) is 0. The number of amides is 1. The van der Waals surface area contributed by atoms with Crippen LogP contribution in [-0.2, 0) is 16.6 Å². The Kier molecular flexibility index (Phi) is 4.57. The van der Waals surface area contributed by atoms with Crippen molar-refractivity contribution in [2.75, 3.05) is 12.3 Å². The van der Waals surface area contributed by atoms with E-state index < -0.39 is 22.5 Å². The van der Waals surface area contributed by atoms with E-state index in [-0.39, 0.29) is 23.4 Å². The average molecular weight is 244 g/mol. The highest BCUT2D eigenvalue weighted by Gasteiger charge is 2.09. The van der Waals surface area contributed by atoms with Gasteiger partial charge in [0.05, 0.1) is 5.75 Å². The lowest BCUT2D eigenvalue weighted by Gasteiger charge is -2.04. The Balaban J connectivity index is 2.90. The Morgan fingerprint density at radius 2 is 2.12 bits per heavy atom. The van der Waals surface area contributed by atoms with E-state index >= 15 is 0 Å². The van der Waals surface area contributed by atoms with Crippen molar-refractivity contribution in [3.63, 3.8) is 0 Å². The minimum Gasteiger partial charge on any atom is -0.366 e. The Labute approximate surface area is 95.3 Å². The van der Waals surface area contributed by atoms with Gasteiger partial charge in [-0.1, -0.05) is 0 Å². The zero-order valence-electron chi connectivity index (χ0n) is 8.61. The van der Waals surface area contributed by atoms with Crippen molar-refractivity contribution in [3.05, 3.63) is 35.1 Å². The molecule has 88 valence electrons. The molecule has 4 nitrogen and oxygen atoms in total. The Morgan fingerprint density at radius 3 is 2.69 bits per heavy atom. The molecule has 0 spiro atoms. The molecule has 4 N–H and O–H groups in total. The fourth-order valence-electron chi connectivity index (χ4n) is 1.22. The quantitative estimate of drug-likeness (QED) is 0.772. The molecule has 0 radical (unpaired) electrons. The maximum atomic E-state index is 13.3. The van der Waals surface area contributed by atoms with E-state index in [0.29, 0.717) is 5.75 Å². The molecule has 1 aromatic carbocycles. The van der Waals surface area contributed by atoms with Crippen LogP contribution in [-0.4, -0.2) is 22.4 Å². The molecular weight excluding hydrogens is 231 g/mol. The van der Waals surface area contributed by atoms with Gasteiger partial charge in [-0.3, -0.25) is 9.00 Å². The second-order valence-corrected chi connectivity index (χ2v) is 4.82. The van der Waals surface area contributed by atoms with Gasteiger partial charge in [-0.05, 0) is 18.2 Å². The van der Waals surface area contributed by atoms with Gasteiger partial charge in [0.1, 0.15) is 5.82 Å². The first kappa shape index (κ1) is 12.8. The molecule has 0 aliphatic carbocycles. The number of carbonyl (C=O) groups is 1. The van der Waals surface area contributed by atoms with Gasteiger partial charge < -0.3 is 11.5 Å². The molecule has 0 heterocycles. The second kappa shape index (κ2) is 5.72. The normalized spacial score (nSPS) is 12.4. The van der Waals surface area contributed by atoms with Gasteiger partial charge in [-0.25, -0.2) is 4.39 Å². The zero-order valence-corrected chi connectivity index (χ0v) is 9.43. The molecule has 1 atom stereocenters. The van der Waals surface area contributed by atoms with Crippen molar-refractivity contribution in [3.8, 4) is 0 Å². The maximum absolute atomic E-state index is 13.3. The van der Waals surface area contributed by atoms with E-state index in [4.69, 9.17) is 11.5 Å². The van der Waals surface area contributed by atoms with E-state index in [1.807, 2.05) is 0 Å². The van der Waals surface area contributed by atoms with Gasteiger partial charge in [-0.15, -0.1) is 0 Å². The summed E-state index contributed by atoms with van der Waals surface area (Å²) in [6.45, 7) is 0.281. The van der Waals surface area contributed by atoms with E-state index in [0.717, 1.165) is 6.07 Å². The fourth-order valence-corrected chi connectivity index (χ4v) is 2.19. The highest BCUT2D eigenvalue weighted by molar-refractivity contribution is 7.84. The molecule has 0 bridgehead atoms. The number of nitrogens with two attached hydrogens (primary N) is 2. The number of benzene rings is 1. The van der Waals surface area contributed by atoms with Gasteiger partial charge in [0.2, 0.25) is 5.91 Å². The van der Waals surface area contributed by atoms with Crippen molar-refractivity contribution in [2.45, 2.75) is 5.75 Å². The van der Waals surface area contributed by atoms with Crippen LogP contribution in [0.5, 0.6) is 0 Å². The van der Waals surface area contributed by atoms with E-state index in [2.05, 4.69) is 0 Å². The summed E-state index contributed by atoms with van der Waals surface area (Å²) in [4.78, 5) is 10.9. The standard InChI is InChI=1S/C10H13FN2O2S/c11-9-2-1-7(10(13)14)5-8(9)6-16(15)4-3-12/h1-2,5H,3-4,6,12H2,(H2,13,14). The molecule has 1 rings (SSSR count). The maximum Gasteiger partial charge on any atom is 0.248 e. The lowest BCUT2D eigenvalue weighted by atomic mass is 10.1. The Hall–Kier alpha value is -1.27. The van der Waals surface area contributed by atoms with Gasteiger partial charge in [0.15, 0.2) is 0 Å². The van der Waals surface area contributed by atoms with Crippen molar-refractivity contribution in [1.82, 2.24) is 0 Å². The van der Waals surface area contributed by atoms with E-state index in [1.165, 1.54) is 12.1 Å². The third kappa shape index (κ3) is 3.39. The molecule has 1 unspecified atom stereocenters. The summed E-state index contributed by atoms with van der Waals surface area (Å²) in [7, 11) is -1.22. The predicted molar refractivity (Wildman–Crippen MR) is 60.7 cm³/mol. The monoisotopic (exact) mass is 244 g/mol. The van der Waals surface area contributed by atoms with Crippen LogP contribution in [0, 0.1) is 5.82 Å². The number of carbonyl (C=O) groups excluding carboxylic acids is 1. The summed E-state index contributed by atoms with van der Waals surface area (Å²) in [6, 6.07) is 3.77. The lowest BCUT2D eigenvalue weighted by Crippen LogP contribution is -2.14. The number of halogens is 1. The third-order valence-electron chi connectivity index (χ3n) is 1.99. The molecule has 0 saturated heterocycles. The van der Waals surface area contributed by atoms with Crippen LogP contribution in [0.3, 0.4) is 0 Å². The predicted octanol–water partition coefficient (Wildman–Crippen LogP) is 0.132. The molecular formula is C10H13FN2O2S. The summed E-state index contributed by atoms with van der Waals surface area (Å²) >= 11 is 0. The molecule has 0 aliphatic rings. The third-order valence-corrected chi connectivity index (χ3v) is 3.32. The lowest BCUT2D eigenvalue weighted by molar-refractivity contribution is 0.1000. The smallest absolute Gasteiger partial charge is 0.248 e. The number of primary amides is 1. The van der Waals surface area contributed by atoms with E-state index in [1.54, 1.807) is 0 Å². The van der Waals surface area contributed by atoms with Gasteiger partial charge in [-0.2, -0.15) is 0 Å². The van der Waals surface area contributed by atoms with E-state index in [9.17, 15) is 13.4 Å². The molecule has 0 aliphatic heterocycles. The summed E-state index contributed by atoms with van der Waals surface area (Å²) < 4.78 is 24.7. The molecule has 16 heavy (non-hydrogen) atoms. The molecule has 0 aromatic heterocycles. The second-order valence-electron chi connectivity index (χ2n) is 3.25. The summed E-state index contributed by atoms with van der Waals surface area (Å²) in [5.41, 5.74) is 10.7. The summed E-state index contributed by atoms with van der Waals surface area (Å²) in [5.74, 6) is -0.772. The molecule has 1 amide bonds. The van der Waals surface area contributed by atoms with Gasteiger partial charge in [0.25, 0.3) is 0 Å². The largest absolute Gasteiger partial charge is 0.366 e. The van der Waals surface area contributed by atoms with Crippen LogP contribution >= 0.6 is 0 Å². The number of hydrogen-bond acceptors (Lipinski definition) is 3.